The monoisotopic (exact) mass is 333 g/mol. The molecule has 0 bridgehead atoms. The van der Waals surface area contributed by atoms with Gasteiger partial charge >= 0.3 is 4.87 Å². The number of hydrogen-bond acceptors (Lipinski definition) is 2. The minimum Gasteiger partial charge on any atom is -0.302 e. The Labute approximate surface area is 123 Å². The number of aromatic nitrogens is 1. The summed E-state index contributed by atoms with van der Waals surface area (Å²) in [7, 11) is 0. The predicted octanol–water partition coefficient (Wildman–Crippen LogP) is 4.51. The fraction of sp³-hybridized carbons (Fsp3) is 0.786. The summed E-state index contributed by atoms with van der Waals surface area (Å²) in [5.41, 5.74) is 1.37. The van der Waals surface area contributed by atoms with Crippen LogP contribution in [0.5, 0.6) is 0 Å². The first-order valence-corrected chi connectivity index (χ1v) is 8.66. The zero-order valence-electron chi connectivity index (χ0n) is 11.9. The van der Waals surface area contributed by atoms with E-state index in [1.165, 1.54) is 37.0 Å². The molecule has 0 saturated heterocycles. The molecule has 0 unspecified atom stereocenters. The number of thiazole rings is 1. The quantitative estimate of drug-likeness (QED) is 0.673. The van der Waals surface area contributed by atoms with E-state index in [0.29, 0.717) is 0 Å². The van der Waals surface area contributed by atoms with Crippen molar-refractivity contribution >= 4 is 27.3 Å². The smallest absolute Gasteiger partial charge is 0.302 e. The van der Waals surface area contributed by atoms with Crippen molar-refractivity contribution < 1.29 is 0 Å². The topological polar surface area (TPSA) is 22.0 Å². The van der Waals surface area contributed by atoms with Crippen LogP contribution < -0.4 is 4.87 Å². The Bertz CT molecular complexity index is 429. The molecule has 0 aliphatic rings. The number of alkyl halides is 1. The Hall–Kier alpha value is -0.0900. The lowest BCUT2D eigenvalue weighted by atomic mass is 9.81. The van der Waals surface area contributed by atoms with Gasteiger partial charge in [-0.05, 0) is 32.1 Å². The van der Waals surface area contributed by atoms with Gasteiger partial charge in [-0.3, -0.25) is 4.79 Å². The average Bonchev–Trinajstić information content (AvgIpc) is 2.56. The van der Waals surface area contributed by atoms with Crippen molar-refractivity contribution in [3.63, 3.8) is 0 Å². The number of hydrogen-bond donors (Lipinski definition) is 0. The predicted molar refractivity (Wildman–Crippen MR) is 84.1 cm³/mol. The van der Waals surface area contributed by atoms with Gasteiger partial charge in [0.15, 0.2) is 0 Å². The van der Waals surface area contributed by atoms with Gasteiger partial charge < -0.3 is 4.57 Å². The van der Waals surface area contributed by atoms with Crippen LogP contribution in [0.4, 0.5) is 0 Å². The van der Waals surface area contributed by atoms with Crippen molar-refractivity contribution in [2.24, 2.45) is 5.41 Å². The van der Waals surface area contributed by atoms with Gasteiger partial charge in [0.25, 0.3) is 0 Å². The fourth-order valence-electron chi connectivity index (χ4n) is 2.63. The minimum absolute atomic E-state index is 0.197. The Morgan fingerprint density at radius 2 is 1.78 bits per heavy atom. The lowest BCUT2D eigenvalue weighted by Crippen LogP contribution is -2.32. The SMILES string of the molecule is CCCC(CBr)(CCC)Cn1c(C)c(C)sc1=O. The summed E-state index contributed by atoms with van der Waals surface area (Å²) in [5.74, 6) is 0. The maximum Gasteiger partial charge on any atom is 0.307 e. The first kappa shape index (κ1) is 16.0. The second-order valence-electron chi connectivity index (χ2n) is 5.23. The lowest BCUT2D eigenvalue weighted by molar-refractivity contribution is 0.230. The van der Waals surface area contributed by atoms with Gasteiger partial charge in [0, 0.05) is 22.4 Å². The molecule has 0 fully saturated rings. The molecule has 0 aliphatic heterocycles. The second kappa shape index (κ2) is 6.90. The second-order valence-corrected chi connectivity index (χ2v) is 6.96. The number of aryl methyl sites for hydroxylation is 1. The van der Waals surface area contributed by atoms with Crippen molar-refractivity contribution in [3.8, 4) is 0 Å². The molecule has 0 aromatic carbocycles. The van der Waals surface area contributed by atoms with E-state index in [1.54, 1.807) is 0 Å². The zero-order chi connectivity index (χ0) is 13.8. The van der Waals surface area contributed by atoms with Gasteiger partial charge in [-0.25, -0.2) is 0 Å². The van der Waals surface area contributed by atoms with Crippen LogP contribution in [0.3, 0.4) is 0 Å². The van der Waals surface area contributed by atoms with Crippen molar-refractivity contribution in [1.82, 2.24) is 4.57 Å². The number of nitrogens with zero attached hydrogens (tertiary/aromatic N) is 1. The standard InChI is InChI=1S/C14H24BrNOS/c1-5-7-14(9-15,8-6-2)10-16-11(3)12(4)18-13(16)17/h5-10H2,1-4H3. The normalized spacial score (nSPS) is 12.1. The third kappa shape index (κ3) is 3.47. The summed E-state index contributed by atoms with van der Waals surface area (Å²) in [5, 5.41) is 0.975. The minimum atomic E-state index is 0.197. The molecule has 0 aliphatic carbocycles. The first-order valence-electron chi connectivity index (χ1n) is 6.72. The van der Waals surface area contributed by atoms with Crippen LogP contribution in [-0.4, -0.2) is 9.90 Å². The number of halogens is 1. The van der Waals surface area contributed by atoms with E-state index in [1.807, 2.05) is 11.5 Å². The molecule has 0 spiro atoms. The fourth-order valence-corrected chi connectivity index (χ4v) is 4.19. The van der Waals surface area contributed by atoms with Crippen molar-refractivity contribution in [3.05, 3.63) is 20.2 Å². The number of rotatable bonds is 7. The molecule has 0 amide bonds. The maximum atomic E-state index is 12.0. The van der Waals surface area contributed by atoms with Crippen LogP contribution >= 0.6 is 27.3 Å². The molecule has 1 heterocycles. The first-order chi connectivity index (χ1) is 8.49. The molecule has 18 heavy (non-hydrogen) atoms. The van der Waals surface area contributed by atoms with E-state index in [9.17, 15) is 4.79 Å². The average molecular weight is 334 g/mol. The van der Waals surface area contributed by atoms with Crippen LogP contribution in [0.25, 0.3) is 0 Å². The Kier molecular flexibility index (Phi) is 6.12. The Balaban J connectivity index is 3.05. The summed E-state index contributed by atoms with van der Waals surface area (Å²) < 4.78 is 1.98. The van der Waals surface area contributed by atoms with E-state index in [4.69, 9.17) is 0 Å². The van der Waals surface area contributed by atoms with Gasteiger partial charge in [0.2, 0.25) is 0 Å². The third-order valence-electron chi connectivity index (χ3n) is 3.71. The highest BCUT2D eigenvalue weighted by Crippen LogP contribution is 2.34. The van der Waals surface area contributed by atoms with E-state index < -0.39 is 0 Å². The van der Waals surface area contributed by atoms with Gasteiger partial charge in [0.1, 0.15) is 0 Å². The highest BCUT2D eigenvalue weighted by molar-refractivity contribution is 9.09. The Morgan fingerprint density at radius 3 is 2.11 bits per heavy atom. The van der Waals surface area contributed by atoms with Crippen LogP contribution in [0.2, 0.25) is 0 Å². The molecule has 1 aromatic rings. The molecule has 1 aromatic heterocycles. The molecular formula is C14H24BrNOS. The lowest BCUT2D eigenvalue weighted by Gasteiger charge is -2.32. The largest absolute Gasteiger partial charge is 0.307 e. The summed E-state index contributed by atoms with van der Waals surface area (Å²) in [6.45, 7) is 9.40. The highest BCUT2D eigenvalue weighted by atomic mass is 79.9. The van der Waals surface area contributed by atoms with Crippen molar-refractivity contribution in [2.45, 2.75) is 59.9 Å². The molecule has 0 atom stereocenters. The molecule has 4 heteroatoms. The summed E-state index contributed by atoms with van der Waals surface area (Å²) >= 11 is 5.05. The van der Waals surface area contributed by atoms with Crippen LogP contribution in [-0.2, 0) is 6.54 Å². The van der Waals surface area contributed by atoms with Gasteiger partial charge in [-0.1, -0.05) is 54.0 Å². The molecule has 1 rings (SSSR count). The molecule has 0 saturated carbocycles. The molecular weight excluding hydrogens is 310 g/mol. The summed E-state index contributed by atoms with van der Waals surface area (Å²) in [4.78, 5) is 13.4. The third-order valence-corrected chi connectivity index (χ3v) is 5.90. The van der Waals surface area contributed by atoms with Crippen LogP contribution in [0.15, 0.2) is 4.79 Å². The molecule has 0 radical (unpaired) electrons. The van der Waals surface area contributed by atoms with Crippen LogP contribution in [0.1, 0.15) is 50.1 Å². The van der Waals surface area contributed by atoms with E-state index in [2.05, 4.69) is 36.7 Å². The van der Waals surface area contributed by atoms with E-state index >= 15 is 0 Å². The van der Waals surface area contributed by atoms with Gasteiger partial charge in [0.05, 0.1) is 0 Å². The van der Waals surface area contributed by atoms with Crippen LogP contribution in [0, 0.1) is 19.3 Å². The van der Waals surface area contributed by atoms with Gasteiger partial charge in [-0.15, -0.1) is 0 Å². The summed E-state index contributed by atoms with van der Waals surface area (Å²) in [6.07, 6.45) is 4.69. The molecule has 2 nitrogen and oxygen atoms in total. The maximum absolute atomic E-state index is 12.0. The van der Waals surface area contributed by atoms with E-state index in [0.717, 1.165) is 22.4 Å². The van der Waals surface area contributed by atoms with E-state index in [-0.39, 0.29) is 10.3 Å². The molecule has 0 N–H and O–H groups in total. The molecule has 104 valence electrons. The zero-order valence-corrected chi connectivity index (χ0v) is 14.3. The summed E-state index contributed by atoms with van der Waals surface area (Å²) in [6, 6.07) is 0. The van der Waals surface area contributed by atoms with Gasteiger partial charge in [-0.2, -0.15) is 0 Å². The van der Waals surface area contributed by atoms with Crippen molar-refractivity contribution in [2.75, 3.05) is 5.33 Å². The van der Waals surface area contributed by atoms with Crippen molar-refractivity contribution in [1.29, 1.82) is 0 Å². The Morgan fingerprint density at radius 1 is 1.22 bits per heavy atom. The highest BCUT2D eigenvalue weighted by Gasteiger charge is 2.29.